The molecule has 1 aromatic heterocycles. The Labute approximate surface area is 147 Å². The first kappa shape index (κ1) is 17.0. The molecule has 1 amide bonds. The standard InChI is InChI=1S/C21H22N2O2/c1-15(20-13-8-14-25-20)22-16(2)21(24)23-19-12-7-6-11-18(19)17-9-4-3-5-10-17/h3-16,22H,1-2H3,(H,23,24)/t15-,16-/m0/s1. The average Bonchev–Trinajstić information content (AvgIpc) is 3.17. The third-order valence-electron chi connectivity index (χ3n) is 4.13. The summed E-state index contributed by atoms with van der Waals surface area (Å²) in [6.45, 7) is 3.82. The number of anilines is 1. The Morgan fingerprint density at radius 1 is 0.920 bits per heavy atom. The largest absolute Gasteiger partial charge is 0.468 e. The summed E-state index contributed by atoms with van der Waals surface area (Å²) in [5.74, 6) is 0.728. The summed E-state index contributed by atoms with van der Waals surface area (Å²) in [5.41, 5.74) is 2.88. The molecule has 0 saturated heterocycles. The molecule has 2 aromatic carbocycles. The van der Waals surface area contributed by atoms with Crippen LogP contribution in [0.4, 0.5) is 5.69 Å². The van der Waals surface area contributed by atoms with Gasteiger partial charge >= 0.3 is 0 Å². The molecule has 0 aliphatic rings. The fourth-order valence-corrected chi connectivity index (χ4v) is 2.77. The van der Waals surface area contributed by atoms with Crippen molar-refractivity contribution in [2.75, 3.05) is 5.32 Å². The molecule has 0 radical (unpaired) electrons. The molecule has 0 aliphatic carbocycles. The molecular formula is C21H22N2O2. The van der Waals surface area contributed by atoms with E-state index in [0.717, 1.165) is 22.6 Å². The second kappa shape index (κ2) is 7.81. The number of hydrogen-bond donors (Lipinski definition) is 2. The van der Waals surface area contributed by atoms with Gasteiger partial charge in [0.2, 0.25) is 5.91 Å². The predicted octanol–water partition coefficient (Wildman–Crippen LogP) is 4.62. The van der Waals surface area contributed by atoms with Gasteiger partial charge in [0, 0.05) is 11.3 Å². The molecule has 3 rings (SSSR count). The van der Waals surface area contributed by atoms with Gasteiger partial charge in [0.25, 0.3) is 0 Å². The van der Waals surface area contributed by atoms with Crippen molar-refractivity contribution in [3.05, 3.63) is 78.8 Å². The van der Waals surface area contributed by atoms with Gasteiger partial charge in [-0.1, -0.05) is 48.5 Å². The molecule has 1 heterocycles. The highest BCUT2D eigenvalue weighted by molar-refractivity contribution is 5.98. The molecule has 128 valence electrons. The Balaban J connectivity index is 1.71. The van der Waals surface area contributed by atoms with Gasteiger partial charge in [-0.15, -0.1) is 0 Å². The summed E-state index contributed by atoms with van der Waals surface area (Å²) < 4.78 is 5.38. The second-order valence-electron chi connectivity index (χ2n) is 6.03. The summed E-state index contributed by atoms with van der Waals surface area (Å²) in [7, 11) is 0. The first-order valence-corrected chi connectivity index (χ1v) is 8.40. The lowest BCUT2D eigenvalue weighted by Crippen LogP contribution is -2.39. The number of carbonyl (C=O) groups is 1. The van der Waals surface area contributed by atoms with Gasteiger partial charge in [0.15, 0.2) is 0 Å². The molecule has 0 fully saturated rings. The van der Waals surface area contributed by atoms with Crippen LogP contribution in [0.15, 0.2) is 77.4 Å². The highest BCUT2D eigenvalue weighted by atomic mass is 16.3. The van der Waals surface area contributed by atoms with Gasteiger partial charge in [0.05, 0.1) is 18.3 Å². The zero-order valence-corrected chi connectivity index (χ0v) is 14.4. The highest BCUT2D eigenvalue weighted by Gasteiger charge is 2.18. The molecule has 4 heteroatoms. The Bertz CT molecular complexity index is 813. The molecule has 25 heavy (non-hydrogen) atoms. The smallest absolute Gasteiger partial charge is 0.241 e. The number of benzene rings is 2. The van der Waals surface area contributed by atoms with Crippen LogP contribution in [-0.2, 0) is 4.79 Å². The van der Waals surface area contributed by atoms with E-state index in [1.54, 1.807) is 6.26 Å². The number of rotatable bonds is 6. The van der Waals surface area contributed by atoms with Gasteiger partial charge in [-0.3, -0.25) is 10.1 Å². The first-order chi connectivity index (χ1) is 12.1. The van der Waals surface area contributed by atoms with Crippen LogP contribution in [-0.4, -0.2) is 11.9 Å². The van der Waals surface area contributed by atoms with Crippen LogP contribution in [0.25, 0.3) is 11.1 Å². The summed E-state index contributed by atoms with van der Waals surface area (Å²) in [6, 6.07) is 21.2. The van der Waals surface area contributed by atoms with Crippen molar-refractivity contribution < 1.29 is 9.21 Å². The van der Waals surface area contributed by atoms with Crippen molar-refractivity contribution in [1.82, 2.24) is 5.32 Å². The number of amides is 1. The minimum absolute atomic E-state index is 0.0416. The van der Waals surface area contributed by atoms with Gasteiger partial charge in [-0.05, 0) is 37.6 Å². The Morgan fingerprint density at radius 3 is 2.36 bits per heavy atom. The monoisotopic (exact) mass is 334 g/mol. The Hall–Kier alpha value is -2.85. The fraction of sp³-hybridized carbons (Fsp3) is 0.190. The van der Waals surface area contributed by atoms with Crippen molar-refractivity contribution >= 4 is 11.6 Å². The SMILES string of the molecule is C[C@H](N[C@@H](C)c1ccco1)C(=O)Nc1ccccc1-c1ccccc1. The zero-order chi connectivity index (χ0) is 17.6. The molecule has 0 unspecified atom stereocenters. The van der Waals surface area contributed by atoms with E-state index >= 15 is 0 Å². The van der Waals surface area contributed by atoms with Crippen LogP contribution < -0.4 is 10.6 Å². The summed E-state index contributed by atoms with van der Waals surface area (Å²) in [4.78, 5) is 12.6. The van der Waals surface area contributed by atoms with Gasteiger partial charge in [-0.2, -0.15) is 0 Å². The highest BCUT2D eigenvalue weighted by Crippen LogP contribution is 2.27. The van der Waals surface area contributed by atoms with Crippen molar-refractivity contribution in [2.45, 2.75) is 25.9 Å². The molecule has 2 atom stereocenters. The molecule has 3 aromatic rings. The van der Waals surface area contributed by atoms with E-state index in [1.165, 1.54) is 0 Å². The first-order valence-electron chi connectivity index (χ1n) is 8.40. The van der Waals surface area contributed by atoms with Crippen molar-refractivity contribution in [2.24, 2.45) is 0 Å². The van der Waals surface area contributed by atoms with Crippen LogP contribution in [0.1, 0.15) is 25.6 Å². The average molecular weight is 334 g/mol. The maximum Gasteiger partial charge on any atom is 0.241 e. The number of para-hydroxylation sites is 1. The van der Waals surface area contributed by atoms with Gasteiger partial charge in [0.1, 0.15) is 5.76 Å². The minimum atomic E-state index is -0.357. The van der Waals surface area contributed by atoms with E-state index in [9.17, 15) is 4.79 Å². The lowest BCUT2D eigenvalue weighted by molar-refractivity contribution is -0.118. The third-order valence-corrected chi connectivity index (χ3v) is 4.13. The normalized spacial score (nSPS) is 13.2. The summed E-state index contributed by atoms with van der Waals surface area (Å²) >= 11 is 0. The van der Waals surface area contributed by atoms with Crippen LogP contribution in [0.5, 0.6) is 0 Å². The topological polar surface area (TPSA) is 54.3 Å². The number of hydrogen-bond acceptors (Lipinski definition) is 3. The second-order valence-corrected chi connectivity index (χ2v) is 6.03. The maximum absolute atomic E-state index is 12.6. The number of nitrogens with one attached hydrogen (secondary N) is 2. The van der Waals surface area contributed by atoms with Gasteiger partial charge < -0.3 is 9.73 Å². The van der Waals surface area contributed by atoms with Crippen LogP contribution in [0.2, 0.25) is 0 Å². The Morgan fingerprint density at radius 2 is 1.64 bits per heavy atom. The van der Waals surface area contributed by atoms with Crippen molar-refractivity contribution in [3.63, 3.8) is 0 Å². The molecule has 4 nitrogen and oxygen atoms in total. The number of carbonyl (C=O) groups excluding carboxylic acids is 1. The minimum Gasteiger partial charge on any atom is -0.468 e. The quantitative estimate of drug-likeness (QED) is 0.691. The molecule has 0 spiro atoms. The number of furan rings is 1. The van der Waals surface area contributed by atoms with E-state index in [2.05, 4.69) is 10.6 Å². The molecule has 0 saturated carbocycles. The predicted molar refractivity (Wildman–Crippen MR) is 100 cm³/mol. The lowest BCUT2D eigenvalue weighted by atomic mass is 10.0. The fourth-order valence-electron chi connectivity index (χ4n) is 2.77. The summed E-state index contributed by atoms with van der Waals surface area (Å²) in [6.07, 6.45) is 1.63. The van der Waals surface area contributed by atoms with Crippen LogP contribution >= 0.6 is 0 Å². The van der Waals surface area contributed by atoms with E-state index in [-0.39, 0.29) is 18.0 Å². The summed E-state index contributed by atoms with van der Waals surface area (Å²) in [5, 5.41) is 6.28. The van der Waals surface area contributed by atoms with Gasteiger partial charge in [-0.25, -0.2) is 0 Å². The van der Waals surface area contributed by atoms with E-state index in [0.29, 0.717) is 0 Å². The zero-order valence-electron chi connectivity index (χ0n) is 14.4. The maximum atomic E-state index is 12.6. The van der Waals surface area contributed by atoms with E-state index < -0.39 is 0 Å². The lowest BCUT2D eigenvalue weighted by Gasteiger charge is -2.19. The van der Waals surface area contributed by atoms with Crippen molar-refractivity contribution in [3.8, 4) is 11.1 Å². The molecular weight excluding hydrogens is 312 g/mol. The Kier molecular flexibility index (Phi) is 5.31. The third kappa shape index (κ3) is 4.17. The van der Waals surface area contributed by atoms with E-state index in [1.807, 2.05) is 80.6 Å². The van der Waals surface area contributed by atoms with Crippen LogP contribution in [0.3, 0.4) is 0 Å². The molecule has 0 aliphatic heterocycles. The van der Waals surface area contributed by atoms with E-state index in [4.69, 9.17) is 4.42 Å². The van der Waals surface area contributed by atoms with Crippen LogP contribution in [0, 0.1) is 0 Å². The molecule has 2 N–H and O–H groups in total. The molecule has 0 bridgehead atoms. The van der Waals surface area contributed by atoms with Crippen molar-refractivity contribution in [1.29, 1.82) is 0 Å².